The molecule has 6 rings (SSSR count). The number of hydrogen-bond donors (Lipinski definition) is 3. The zero-order valence-corrected chi connectivity index (χ0v) is 21.2. The van der Waals surface area contributed by atoms with Crippen LogP contribution >= 0.6 is 0 Å². The predicted octanol–water partition coefficient (Wildman–Crippen LogP) is 2.93. The number of carbonyl (C=O) groups is 1. The number of aromatic nitrogens is 4. The highest BCUT2D eigenvalue weighted by molar-refractivity contribution is 6.13. The van der Waals surface area contributed by atoms with Crippen molar-refractivity contribution in [1.82, 2.24) is 24.7 Å². The van der Waals surface area contributed by atoms with Gasteiger partial charge in [0.15, 0.2) is 11.4 Å². The third kappa shape index (κ3) is 4.58. The van der Waals surface area contributed by atoms with E-state index >= 15 is 0 Å². The molecule has 0 radical (unpaired) electrons. The first-order valence-electron chi connectivity index (χ1n) is 12.7. The standard InChI is InChI=1S/C27H31N7O3/c1-15-11-33(12-16(2)30-15)22-5-4-21(24-25(22)29-7-6-28-24)27(36)32-18-8-23(37-20-9-19(35)10-20)26-31-17(3)13-34(26)14-18/h4-8,13-16,19-20,30,35H,9-12H2,1-3H3,(H,32,36). The first-order valence-corrected chi connectivity index (χ1v) is 12.7. The SMILES string of the molecule is Cc1cn2cc(NC(=O)c3ccc(N4CC(C)NC(C)C4)c4nccnc34)cc(OC3CC(O)C3)c2n1. The number of fused-ring (bicyclic) bond motifs is 2. The maximum absolute atomic E-state index is 13.5. The molecule has 3 N–H and O–H groups in total. The Kier molecular flexibility index (Phi) is 5.92. The Hall–Kier alpha value is -3.76. The van der Waals surface area contributed by atoms with Crippen molar-refractivity contribution in [2.45, 2.75) is 57.9 Å². The Balaban J connectivity index is 1.32. The summed E-state index contributed by atoms with van der Waals surface area (Å²) in [5.41, 5.74) is 4.81. The largest absolute Gasteiger partial charge is 0.486 e. The highest BCUT2D eigenvalue weighted by Gasteiger charge is 2.30. The van der Waals surface area contributed by atoms with Crippen LogP contribution in [0.2, 0.25) is 0 Å². The van der Waals surface area contributed by atoms with E-state index in [-0.39, 0.29) is 18.1 Å². The van der Waals surface area contributed by atoms with Gasteiger partial charge < -0.3 is 29.8 Å². The third-order valence-electron chi connectivity index (χ3n) is 7.01. The van der Waals surface area contributed by atoms with Crippen LogP contribution < -0.4 is 20.3 Å². The molecule has 1 saturated heterocycles. The van der Waals surface area contributed by atoms with Gasteiger partial charge in [-0.3, -0.25) is 14.8 Å². The van der Waals surface area contributed by atoms with E-state index in [2.05, 4.69) is 44.3 Å². The minimum atomic E-state index is -0.324. The molecular formula is C27H31N7O3. The van der Waals surface area contributed by atoms with Crippen LogP contribution in [0.3, 0.4) is 0 Å². The van der Waals surface area contributed by atoms with Crippen LogP contribution in [0.5, 0.6) is 5.75 Å². The molecular weight excluding hydrogens is 470 g/mol. The van der Waals surface area contributed by atoms with E-state index in [1.807, 2.05) is 35.9 Å². The Morgan fingerprint density at radius 3 is 2.57 bits per heavy atom. The van der Waals surface area contributed by atoms with Crippen LogP contribution in [0.15, 0.2) is 43.0 Å². The Bertz CT molecular complexity index is 1470. The summed E-state index contributed by atoms with van der Waals surface area (Å²) in [6.45, 7) is 7.96. The van der Waals surface area contributed by atoms with Crippen LogP contribution in [-0.4, -0.2) is 67.7 Å². The number of imidazole rings is 1. The summed E-state index contributed by atoms with van der Waals surface area (Å²) < 4.78 is 7.97. The number of hydrogen-bond acceptors (Lipinski definition) is 8. The summed E-state index contributed by atoms with van der Waals surface area (Å²) in [5.74, 6) is 0.296. The maximum atomic E-state index is 13.5. The summed E-state index contributed by atoms with van der Waals surface area (Å²) >= 11 is 0. The van der Waals surface area contributed by atoms with Crippen LogP contribution in [0, 0.1) is 6.92 Å². The van der Waals surface area contributed by atoms with E-state index in [4.69, 9.17) is 4.74 Å². The molecule has 10 nitrogen and oxygen atoms in total. The smallest absolute Gasteiger partial charge is 0.257 e. The second-order valence-corrected chi connectivity index (χ2v) is 10.3. The lowest BCUT2D eigenvalue weighted by molar-refractivity contribution is -0.0103. The summed E-state index contributed by atoms with van der Waals surface area (Å²) in [6, 6.07) is 6.28. The summed E-state index contributed by atoms with van der Waals surface area (Å²) in [7, 11) is 0. The highest BCUT2D eigenvalue weighted by atomic mass is 16.5. The maximum Gasteiger partial charge on any atom is 0.257 e. The minimum absolute atomic E-state index is 0.0658. The number of benzene rings is 1. The van der Waals surface area contributed by atoms with Crippen molar-refractivity contribution in [1.29, 1.82) is 0 Å². The fraction of sp³-hybridized carbons (Fsp3) is 0.407. The number of ether oxygens (including phenoxy) is 1. The number of piperazine rings is 1. The first kappa shape index (κ1) is 23.6. The molecule has 192 valence electrons. The van der Waals surface area contributed by atoms with Crippen molar-refractivity contribution in [2.75, 3.05) is 23.3 Å². The molecule has 1 amide bonds. The van der Waals surface area contributed by atoms with Crippen LogP contribution in [0.4, 0.5) is 11.4 Å². The zero-order chi connectivity index (χ0) is 25.7. The number of carbonyl (C=O) groups excluding carboxylic acids is 1. The van der Waals surface area contributed by atoms with Crippen molar-refractivity contribution < 1.29 is 14.6 Å². The third-order valence-corrected chi connectivity index (χ3v) is 7.01. The van der Waals surface area contributed by atoms with Crippen LogP contribution in [-0.2, 0) is 0 Å². The Morgan fingerprint density at radius 1 is 1.11 bits per heavy atom. The van der Waals surface area contributed by atoms with Gasteiger partial charge in [-0.15, -0.1) is 0 Å². The second-order valence-electron chi connectivity index (χ2n) is 10.3. The van der Waals surface area contributed by atoms with Gasteiger partial charge in [0.05, 0.1) is 28.7 Å². The number of anilines is 2. The molecule has 2 aliphatic rings. The van der Waals surface area contributed by atoms with Gasteiger partial charge in [0.1, 0.15) is 17.1 Å². The fourth-order valence-corrected chi connectivity index (χ4v) is 5.36. The lowest BCUT2D eigenvalue weighted by Crippen LogP contribution is -2.54. The molecule has 2 unspecified atom stereocenters. The first-order chi connectivity index (χ1) is 17.8. The Labute approximate surface area is 214 Å². The zero-order valence-electron chi connectivity index (χ0n) is 21.2. The number of nitrogens with zero attached hydrogens (tertiary/aromatic N) is 5. The van der Waals surface area contributed by atoms with E-state index in [0.29, 0.717) is 58.6 Å². The van der Waals surface area contributed by atoms with Crippen molar-refractivity contribution in [2.24, 2.45) is 0 Å². The number of rotatable bonds is 5. The number of aryl methyl sites for hydroxylation is 1. The molecule has 1 aliphatic carbocycles. The monoisotopic (exact) mass is 501 g/mol. The average Bonchev–Trinajstić information content (AvgIpc) is 3.22. The molecule has 10 heteroatoms. The fourth-order valence-electron chi connectivity index (χ4n) is 5.36. The van der Waals surface area contributed by atoms with Gasteiger partial charge in [0, 0.05) is 68.9 Å². The normalized spacial score (nSPS) is 23.7. The number of aliphatic hydroxyl groups excluding tert-OH is 1. The van der Waals surface area contributed by atoms with E-state index in [1.165, 1.54) is 0 Å². The van der Waals surface area contributed by atoms with Crippen molar-refractivity contribution >= 4 is 34.0 Å². The average molecular weight is 502 g/mol. The number of nitrogens with one attached hydrogen (secondary N) is 2. The molecule has 2 atom stereocenters. The van der Waals surface area contributed by atoms with Gasteiger partial charge in [-0.05, 0) is 32.9 Å². The minimum Gasteiger partial charge on any atom is -0.486 e. The van der Waals surface area contributed by atoms with Crippen molar-refractivity contribution in [3.63, 3.8) is 0 Å². The molecule has 37 heavy (non-hydrogen) atoms. The second kappa shape index (κ2) is 9.28. The van der Waals surface area contributed by atoms with E-state index in [1.54, 1.807) is 18.5 Å². The lowest BCUT2D eigenvalue weighted by Gasteiger charge is -2.38. The van der Waals surface area contributed by atoms with Gasteiger partial charge >= 0.3 is 0 Å². The molecule has 1 aromatic carbocycles. The number of amides is 1. The van der Waals surface area contributed by atoms with Gasteiger partial charge in [0.25, 0.3) is 5.91 Å². The predicted molar refractivity (Wildman–Crippen MR) is 141 cm³/mol. The van der Waals surface area contributed by atoms with Crippen LogP contribution in [0.25, 0.3) is 16.7 Å². The molecule has 4 heterocycles. The van der Waals surface area contributed by atoms with Gasteiger partial charge in [0.2, 0.25) is 0 Å². The summed E-state index contributed by atoms with van der Waals surface area (Å²) in [4.78, 5) is 29.5. The van der Waals surface area contributed by atoms with Crippen LogP contribution in [0.1, 0.15) is 42.7 Å². The quantitative estimate of drug-likeness (QED) is 0.382. The van der Waals surface area contributed by atoms with Gasteiger partial charge in [-0.1, -0.05) is 0 Å². The van der Waals surface area contributed by atoms with Gasteiger partial charge in [-0.2, -0.15) is 0 Å². The van der Waals surface area contributed by atoms with E-state index in [9.17, 15) is 9.90 Å². The molecule has 1 saturated carbocycles. The topological polar surface area (TPSA) is 117 Å². The Morgan fingerprint density at radius 2 is 1.84 bits per heavy atom. The molecule has 0 bridgehead atoms. The van der Waals surface area contributed by atoms with E-state index in [0.717, 1.165) is 24.5 Å². The molecule has 4 aromatic rings. The molecule has 2 fully saturated rings. The molecule has 1 aliphatic heterocycles. The summed E-state index contributed by atoms with van der Waals surface area (Å²) in [6.07, 6.45) is 7.78. The lowest BCUT2D eigenvalue weighted by atomic mass is 9.92. The van der Waals surface area contributed by atoms with Crippen molar-refractivity contribution in [3.8, 4) is 5.75 Å². The number of pyridine rings is 1. The van der Waals surface area contributed by atoms with E-state index < -0.39 is 0 Å². The molecule has 0 spiro atoms. The van der Waals surface area contributed by atoms with Crippen molar-refractivity contribution in [3.05, 3.63) is 54.2 Å². The summed E-state index contributed by atoms with van der Waals surface area (Å²) in [5, 5.41) is 16.2. The highest BCUT2D eigenvalue weighted by Crippen LogP contribution is 2.32. The van der Waals surface area contributed by atoms with Gasteiger partial charge in [-0.25, -0.2) is 4.98 Å². The molecule has 3 aromatic heterocycles. The number of aliphatic hydroxyl groups is 1.